The number of carbonyl (C=O) groups excluding carboxylic acids is 2. The quantitative estimate of drug-likeness (QED) is 0.851. The standard InChI is InChI=1S/C17H23BrN2O3/c1-11-5-6-14(18)13(9-11)15(21)20-8-7-12(10-20)19-16(22)23-17(2,3)4/h5-6,9,12H,7-8,10H2,1-4H3,(H,19,22)/t12-/m0/s1. The van der Waals surface area contributed by atoms with Crippen molar-refractivity contribution in [1.82, 2.24) is 10.2 Å². The maximum atomic E-state index is 12.6. The van der Waals surface area contributed by atoms with Crippen LogP contribution in [0, 0.1) is 6.92 Å². The number of amides is 2. The summed E-state index contributed by atoms with van der Waals surface area (Å²) in [6.07, 6.45) is 0.294. The molecule has 23 heavy (non-hydrogen) atoms. The van der Waals surface area contributed by atoms with Crippen molar-refractivity contribution in [2.24, 2.45) is 0 Å². The Bertz CT molecular complexity index is 610. The SMILES string of the molecule is Cc1ccc(Br)c(C(=O)N2CC[C@H](NC(=O)OC(C)(C)C)C2)c1. The molecule has 5 nitrogen and oxygen atoms in total. The first-order chi connectivity index (χ1) is 10.7. The molecule has 0 aromatic heterocycles. The Hall–Kier alpha value is -1.56. The van der Waals surface area contributed by atoms with Gasteiger partial charge in [-0.3, -0.25) is 4.79 Å². The average Bonchev–Trinajstić information content (AvgIpc) is 2.87. The van der Waals surface area contributed by atoms with E-state index in [0.717, 1.165) is 16.5 Å². The largest absolute Gasteiger partial charge is 0.444 e. The van der Waals surface area contributed by atoms with Gasteiger partial charge in [-0.15, -0.1) is 0 Å². The molecule has 2 amide bonds. The van der Waals surface area contributed by atoms with Gasteiger partial charge in [-0.1, -0.05) is 11.6 Å². The van der Waals surface area contributed by atoms with E-state index < -0.39 is 11.7 Å². The van der Waals surface area contributed by atoms with Crippen molar-refractivity contribution in [3.05, 3.63) is 33.8 Å². The number of hydrogen-bond acceptors (Lipinski definition) is 3. The van der Waals surface area contributed by atoms with E-state index in [1.165, 1.54) is 0 Å². The second-order valence-corrected chi connectivity index (χ2v) is 7.72. The molecule has 1 heterocycles. The number of hydrogen-bond donors (Lipinski definition) is 1. The maximum Gasteiger partial charge on any atom is 0.407 e. The Morgan fingerprint density at radius 3 is 2.70 bits per heavy atom. The molecule has 0 bridgehead atoms. The van der Waals surface area contributed by atoms with Gasteiger partial charge in [0.15, 0.2) is 0 Å². The van der Waals surface area contributed by atoms with Crippen LogP contribution >= 0.6 is 15.9 Å². The molecule has 0 radical (unpaired) electrons. The van der Waals surface area contributed by atoms with Crippen LogP contribution < -0.4 is 5.32 Å². The van der Waals surface area contributed by atoms with Crippen molar-refractivity contribution >= 4 is 27.9 Å². The lowest BCUT2D eigenvalue weighted by molar-refractivity contribution is 0.0502. The minimum Gasteiger partial charge on any atom is -0.444 e. The lowest BCUT2D eigenvalue weighted by Crippen LogP contribution is -2.41. The first-order valence-corrected chi connectivity index (χ1v) is 8.50. The number of likely N-dealkylation sites (tertiary alicyclic amines) is 1. The van der Waals surface area contributed by atoms with Crippen molar-refractivity contribution in [2.45, 2.75) is 45.8 Å². The van der Waals surface area contributed by atoms with Crippen molar-refractivity contribution in [3.63, 3.8) is 0 Å². The van der Waals surface area contributed by atoms with Crippen LogP contribution in [0.25, 0.3) is 0 Å². The van der Waals surface area contributed by atoms with Gasteiger partial charge >= 0.3 is 6.09 Å². The molecule has 1 aliphatic heterocycles. The predicted molar refractivity (Wildman–Crippen MR) is 92.6 cm³/mol. The molecule has 6 heteroatoms. The van der Waals surface area contributed by atoms with Crippen LogP contribution in [0.4, 0.5) is 4.79 Å². The molecule has 0 saturated carbocycles. The molecule has 126 valence electrons. The molecule has 1 aliphatic rings. The molecule has 1 aromatic rings. The highest BCUT2D eigenvalue weighted by Gasteiger charge is 2.30. The zero-order chi connectivity index (χ0) is 17.2. The van der Waals surface area contributed by atoms with E-state index in [-0.39, 0.29) is 11.9 Å². The smallest absolute Gasteiger partial charge is 0.407 e. The summed E-state index contributed by atoms with van der Waals surface area (Å²) in [5.74, 6) is -0.0194. The van der Waals surface area contributed by atoms with Crippen LogP contribution in [0.5, 0.6) is 0 Å². The Morgan fingerprint density at radius 2 is 2.04 bits per heavy atom. The molecule has 0 spiro atoms. The summed E-state index contributed by atoms with van der Waals surface area (Å²) in [5.41, 5.74) is 1.17. The summed E-state index contributed by atoms with van der Waals surface area (Å²) in [5, 5.41) is 2.83. The Kier molecular flexibility index (Phi) is 5.34. The van der Waals surface area contributed by atoms with E-state index >= 15 is 0 Å². The topological polar surface area (TPSA) is 58.6 Å². The second-order valence-electron chi connectivity index (χ2n) is 6.87. The Balaban J connectivity index is 1.96. The van der Waals surface area contributed by atoms with Gasteiger partial charge in [-0.2, -0.15) is 0 Å². The van der Waals surface area contributed by atoms with Crippen LogP contribution in [-0.2, 0) is 4.74 Å². The van der Waals surface area contributed by atoms with E-state index in [4.69, 9.17) is 4.74 Å². The fourth-order valence-corrected chi connectivity index (χ4v) is 2.93. The molecule has 0 aliphatic carbocycles. The molecule has 2 rings (SSSR count). The zero-order valence-electron chi connectivity index (χ0n) is 14.0. The van der Waals surface area contributed by atoms with Gasteiger partial charge in [0.25, 0.3) is 5.91 Å². The van der Waals surface area contributed by atoms with Gasteiger partial charge in [-0.25, -0.2) is 4.79 Å². The summed E-state index contributed by atoms with van der Waals surface area (Å²) >= 11 is 3.43. The first-order valence-electron chi connectivity index (χ1n) is 7.70. The van der Waals surface area contributed by atoms with Crippen LogP contribution in [0.3, 0.4) is 0 Å². The first kappa shape index (κ1) is 17.8. The summed E-state index contributed by atoms with van der Waals surface area (Å²) < 4.78 is 6.04. The molecular weight excluding hydrogens is 360 g/mol. The van der Waals surface area contributed by atoms with Crippen molar-refractivity contribution in [2.75, 3.05) is 13.1 Å². The van der Waals surface area contributed by atoms with Gasteiger partial charge in [0.05, 0.1) is 11.6 Å². The van der Waals surface area contributed by atoms with Crippen LogP contribution in [0.1, 0.15) is 43.1 Å². The Morgan fingerprint density at radius 1 is 1.35 bits per heavy atom. The van der Waals surface area contributed by atoms with Crippen molar-refractivity contribution in [1.29, 1.82) is 0 Å². The number of rotatable bonds is 2. The van der Waals surface area contributed by atoms with Crippen molar-refractivity contribution in [3.8, 4) is 0 Å². The number of nitrogens with zero attached hydrogens (tertiary/aromatic N) is 1. The Labute approximate surface area is 145 Å². The highest BCUT2D eigenvalue weighted by Crippen LogP contribution is 2.22. The molecule has 1 atom stereocenters. The summed E-state index contributed by atoms with van der Waals surface area (Å²) in [6, 6.07) is 5.64. The second kappa shape index (κ2) is 6.91. The summed E-state index contributed by atoms with van der Waals surface area (Å²) in [7, 11) is 0. The maximum absolute atomic E-state index is 12.6. The van der Waals surface area contributed by atoms with Crippen LogP contribution in [0.15, 0.2) is 22.7 Å². The molecule has 1 aromatic carbocycles. The van der Waals surface area contributed by atoms with E-state index in [0.29, 0.717) is 18.7 Å². The molecule has 0 unspecified atom stereocenters. The van der Waals surface area contributed by atoms with Gasteiger partial charge in [-0.05, 0) is 62.2 Å². The number of alkyl carbamates (subject to hydrolysis) is 1. The number of halogens is 1. The number of aryl methyl sites for hydroxylation is 1. The van der Waals surface area contributed by atoms with Crippen LogP contribution in [-0.4, -0.2) is 41.6 Å². The molecule has 1 saturated heterocycles. The third-order valence-corrected chi connectivity index (χ3v) is 4.24. The number of ether oxygens (including phenoxy) is 1. The van der Waals surface area contributed by atoms with Crippen molar-refractivity contribution < 1.29 is 14.3 Å². The summed E-state index contributed by atoms with van der Waals surface area (Å²) in [4.78, 5) is 26.2. The lowest BCUT2D eigenvalue weighted by atomic mass is 10.1. The fourth-order valence-electron chi connectivity index (χ4n) is 2.51. The molecule has 1 fully saturated rings. The monoisotopic (exact) mass is 382 g/mol. The van der Waals surface area contributed by atoms with Gasteiger partial charge < -0.3 is 15.0 Å². The van der Waals surface area contributed by atoms with Gasteiger partial charge in [0.1, 0.15) is 5.60 Å². The molecular formula is C17H23BrN2O3. The van der Waals surface area contributed by atoms with E-state index in [9.17, 15) is 9.59 Å². The summed E-state index contributed by atoms with van der Waals surface area (Å²) in [6.45, 7) is 8.56. The number of carbonyl (C=O) groups is 2. The lowest BCUT2D eigenvalue weighted by Gasteiger charge is -2.22. The van der Waals surface area contributed by atoms with Gasteiger partial charge in [0.2, 0.25) is 0 Å². The van der Waals surface area contributed by atoms with Crippen LogP contribution in [0.2, 0.25) is 0 Å². The van der Waals surface area contributed by atoms with E-state index in [1.807, 2.05) is 45.9 Å². The highest BCUT2D eigenvalue weighted by molar-refractivity contribution is 9.10. The minimum atomic E-state index is -0.523. The third kappa shape index (κ3) is 4.96. The zero-order valence-corrected chi connectivity index (χ0v) is 15.6. The van der Waals surface area contributed by atoms with Gasteiger partial charge in [0, 0.05) is 17.6 Å². The van der Waals surface area contributed by atoms with E-state index in [1.54, 1.807) is 4.90 Å². The molecule has 1 N–H and O–H groups in total. The van der Waals surface area contributed by atoms with E-state index in [2.05, 4.69) is 21.2 Å². The number of benzene rings is 1. The fraction of sp³-hybridized carbons (Fsp3) is 0.529. The number of nitrogens with one attached hydrogen (secondary N) is 1. The third-order valence-electron chi connectivity index (χ3n) is 3.55. The highest BCUT2D eigenvalue weighted by atomic mass is 79.9. The normalized spacial score (nSPS) is 18.0. The average molecular weight is 383 g/mol. The predicted octanol–water partition coefficient (Wildman–Crippen LogP) is 3.50. The minimum absolute atomic E-state index is 0.0194.